The van der Waals surface area contributed by atoms with E-state index < -0.39 is 11.9 Å². The van der Waals surface area contributed by atoms with Gasteiger partial charge in [-0.3, -0.25) is 4.79 Å². The van der Waals surface area contributed by atoms with E-state index in [1.165, 1.54) is 0 Å². The number of hydrogen-bond donors (Lipinski definition) is 1. The maximum Gasteiger partial charge on any atom is 0.311 e. The van der Waals surface area contributed by atoms with E-state index in [1.807, 2.05) is 54.6 Å². The lowest BCUT2D eigenvalue weighted by atomic mass is 9.92. The first kappa shape index (κ1) is 20.2. The zero-order chi connectivity index (χ0) is 20.6. The van der Waals surface area contributed by atoms with E-state index in [2.05, 4.69) is 6.58 Å². The van der Waals surface area contributed by atoms with Crippen LogP contribution >= 0.6 is 0 Å². The molecule has 0 aliphatic heterocycles. The van der Waals surface area contributed by atoms with Crippen molar-refractivity contribution in [3.05, 3.63) is 102 Å². The Morgan fingerprint density at radius 1 is 1.00 bits per heavy atom. The molecular weight excluding hydrogens is 364 g/mol. The van der Waals surface area contributed by atoms with Crippen LogP contribution in [0.2, 0.25) is 0 Å². The van der Waals surface area contributed by atoms with Gasteiger partial charge in [-0.05, 0) is 59.9 Å². The first-order valence-corrected chi connectivity index (χ1v) is 9.43. The molecule has 0 aliphatic rings. The number of carboxylic acid groups (broad SMARTS) is 1. The van der Waals surface area contributed by atoms with Crippen LogP contribution in [-0.4, -0.2) is 18.2 Å². The minimum atomic E-state index is -0.853. The summed E-state index contributed by atoms with van der Waals surface area (Å²) in [4.78, 5) is 11.8. The zero-order valence-electron chi connectivity index (χ0n) is 16.4. The summed E-state index contributed by atoms with van der Waals surface area (Å²) in [7, 11) is 1.59. The smallest absolute Gasteiger partial charge is 0.311 e. The molecule has 3 aromatic carbocycles. The van der Waals surface area contributed by atoms with Crippen LogP contribution in [0.15, 0.2) is 85.5 Å². The van der Waals surface area contributed by atoms with E-state index in [1.54, 1.807) is 31.4 Å². The van der Waals surface area contributed by atoms with Crippen molar-refractivity contribution in [1.29, 1.82) is 0 Å². The largest absolute Gasteiger partial charge is 0.497 e. The van der Waals surface area contributed by atoms with Gasteiger partial charge in [0.15, 0.2) is 0 Å². The van der Waals surface area contributed by atoms with Crippen LogP contribution in [0.4, 0.5) is 0 Å². The molecule has 0 radical (unpaired) electrons. The predicted molar refractivity (Wildman–Crippen MR) is 114 cm³/mol. The third-order valence-corrected chi connectivity index (χ3v) is 4.74. The summed E-state index contributed by atoms with van der Waals surface area (Å²) in [6, 6.07) is 22.6. The lowest BCUT2D eigenvalue weighted by Crippen LogP contribution is -2.14. The van der Waals surface area contributed by atoms with Gasteiger partial charge in [0.2, 0.25) is 0 Å². The fourth-order valence-electron chi connectivity index (χ4n) is 3.17. The Bertz CT molecular complexity index is 959. The summed E-state index contributed by atoms with van der Waals surface area (Å²) in [6.07, 6.45) is 2.97. The molecule has 0 fully saturated rings. The topological polar surface area (TPSA) is 55.8 Å². The van der Waals surface area contributed by atoms with Gasteiger partial charge in [-0.2, -0.15) is 0 Å². The van der Waals surface area contributed by atoms with Gasteiger partial charge < -0.3 is 14.6 Å². The van der Waals surface area contributed by atoms with Crippen molar-refractivity contribution < 1.29 is 19.4 Å². The molecule has 0 aliphatic carbocycles. The van der Waals surface area contributed by atoms with Crippen LogP contribution in [0.5, 0.6) is 17.2 Å². The molecule has 4 heteroatoms. The normalized spacial score (nSPS) is 11.5. The fourth-order valence-corrected chi connectivity index (χ4v) is 3.17. The SMILES string of the molecule is C=CCc1ccccc1Oc1ccc(CC(C(=O)O)c2ccc(OC)cc2)cc1. The van der Waals surface area contributed by atoms with Gasteiger partial charge in [0.05, 0.1) is 13.0 Å². The molecule has 0 saturated carbocycles. The molecule has 1 atom stereocenters. The lowest BCUT2D eigenvalue weighted by molar-refractivity contribution is -0.138. The summed E-state index contributed by atoms with van der Waals surface area (Å²) >= 11 is 0. The molecule has 29 heavy (non-hydrogen) atoms. The average Bonchev–Trinajstić information content (AvgIpc) is 2.74. The Kier molecular flexibility index (Phi) is 6.69. The molecule has 3 aromatic rings. The fraction of sp³-hybridized carbons (Fsp3) is 0.160. The van der Waals surface area contributed by atoms with Crippen molar-refractivity contribution >= 4 is 5.97 Å². The number of benzene rings is 3. The molecule has 3 rings (SSSR count). The summed E-state index contributed by atoms with van der Waals surface area (Å²) in [5, 5.41) is 9.68. The van der Waals surface area contributed by atoms with Gasteiger partial charge in [-0.1, -0.05) is 48.5 Å². The predicted octanol–water partition coefficient (Wildman–Crippen LogP) is 5.63. The second-order valence-corrected chi connectivity index (χ2v) is 6.71. The van der Waals surface area contributed by atoms with Gasteiger partial charge in [0.25, 0.3) is 0 Å². The number of aliphatic carboxylic acids is 1. The highest BCUT2D eigenvalue weighted by Crippen LogP contribution is 2.28. The maximum atomic E-state index is 11.8. The number of hydrogen-bond acceptors (Lipinski definition) is 3. The van der Waals surface area contributed by atoms with Crippen molar-refractivity contribution in [3.8, 4) is 17.2 Å². The third-order valence-electron chi connectivity index (χ3n) is 4.74. The van der Waals surface area contributed by atoms with Crippen molar-refractivity contribution in [2.45, 2.75) is 18.8 Å². The summed E-state index contributed by atoms with van der Waals surface area (Å²) < 4.78 is 11.1. The van der Waals surface area contributed by atoms with Gasteiger partial charge in [-0.25, -0.2) is 0 Å². The first-order valence-electron chi connectivity index (χ1n) is 9.43. The minimum absolute atomic E-state index is 0.398. The number of carbonyl (C=O) groups is 1. The van der Waals surface area contributed by atoms with Gasteiger partial charge in [0, 0.05) is 0 Å². The highest BCUT2D eigenvalue weighted by atomic mass is 16.5. The monoisotopic (exact) mass is 388 g/mol. The molecular formula is C25H24O4. The molecule has 148 valence electrons. The Hall–Kier alpha value is -3.53. The Morgan fingerprint density at radius 2 is 1.66 bits per heavy atom. The number of rotatable bonds is 9. The lowest BCUT2D eigenvalue weighted by Gasteiger charge is -2.14. The molecule has 1 unspecified atom stereocenters. The second kappa shape index (κ2) is 9.60. The zero-order valence-corrected chi connectivity index (χ0v) is 16.4. The van der Waals surface area contributed by atoms with Crippen LogP contribution in [0.25, 0.3) is 0 Å². The van der Waals surface area contributed by atoms with Crippen LogP contribution in [0.3, 0.4) is 0 Å². The maximum absolute atomic E-state index is 11.8. The molecule has 0 heterocycles. The number of ether oxygens (including phenoxy) is 2. The van der Waals surface area contributed by atoms with Gasteiger partial charge >= 0.3 is 5.97 Å². The number of carboxylic acids is 1. The van der Waals surface area contributed by atoms with Crippen molar-refractivity contribution in [1.82, 2.24) is 0 Å². The van der Waals surface area contributed by atoms with Gasteiger partial charge in [-0.15, -0.1) is 6.58 Å². The van der Waals surface area contributed by atoms with Crippen LogP contribution in [-0.2, 0) is 17.6 Å². The van der Waals surface area contributed by atoms with Crippen LogP contribution < -0.4 is 9.47 Å². The molecule has 0 amide bonds. The molecule has 0 saturated heterocycles. The standard InChI is InChI=1S/C25H24O4/c1-3-6-20-7-4-5-8-24(20)29-22-13-9-18(10-14-22)17-23(25(26)27)19-11-15-21(28-2)16-12-19/h3-5,7-16,23H,1,6,17H2,2H3,(H,26,27). The van der Waals surface area contributed by atoms with Crippen molar-refractivity contribution in [3.63, 3.8) is 0 Å². The Balaban J connectivity index is 1.73. The first-order chi connectivity index (χ1) is 14.1. The minimum Gasteiger partial charge on any atom is -0.497 e. The summed E-state index contributed by atoms with van der Waals surface area (Å²) in [5.74, 6) is 0.731. The average molecular weight is 388 g/mol. The summed E-state index contributed by atoms with van der Waals surface area (Å²) in [6.45, 7) is 3.78. The third kappa shape index (κ3) is 5.26. The molecule has 0 spiro atoms. The summed E-state index contributed by atoms with van der Waals surface area (Å²) in [5.41, 5.74) is 2.74. The van der Waals surface area contributed by atoms with E-state index >= 15 is 0 Å². The van der Waals surface area contributed by atoms with E-state index in [9.17, 15) is 9.90 Å². The number of methoxy groups -OCH3 is 1. The molecule has 4 nitrogen and oxygen atoms in total. The Labute approximate surface area is 171 Å². The van der Waals surface area contributed by atoms with Gasteiger partial charge in [0.1, 0.15) is 17.2 Å². The number of allylic oxidation sites excluding steroid dienone is 1. The van der Waals surface area contributed by atoms with E-state index in [0.29, 0.717) is 17.9 Å². The Morgan fingerprint density at radius 3 is 2.28 bits per heavy atom. The van der Waals surface area contributed by atoms with E-state index in [0.717, 1.165) is 28.9 Å². The van der Waals surface area contributed by atoms with Crippen molar-refractivity contribution in [2.24, 2.45) is 0 Å². The second-order valence-electron chi connectivity index (χ2n) is 6.71. The van der Waals surface area contributed by atoms with Crippen LogP contribution in [0.1, 0.15) is 22.6 Å². The van der Waals surface area contributed by atoms with Crippen LogP contribution in [0, 0.1) is 0 Å². The van der Waals surface area contributed by atoms with E-state index in [-0.39, 0.29) is 0 Å². The highest BCUT2D eigenvalue weighted by molar-refractivity contribution is 5.76. The molecule has 0 aromatic heterocycles. The quantitative estimate of drug-likeness (QED) is 0.483. The number of para-hydroxylation sites is 1. The molecule has 0 bridgehead atoms. The molecule has 1 N–H and O–H groups in total. The van der Waals surface area contributed by atoms with Crippen molar-refractivity contribution in [2.75, 3.05) is 7.11 Å². The van der Waals surface area contributed by atoms with E-state index in [4.69, 9.17) is 9.47 Å². The highest BCUT2D eigenvalue weighted by Gasteiger charge is 2.20.